The third-order valence-corrected chi connectivity index (χ3v) is 6.00. The van der Waals surface area contributed by atoms with Gasteiger partial charge in [-0.1, -0.05) is 32.1 Å². The summed E-state index contributed by atoms with van der Waals surface area (Å²) in [5.74, 6) is 0.419. The molecule has 2 aromatic rings. The van der Waals surface area contributed by atoms with E-state index < -0.39 is 5.97 Å². The monoisotopic (exact) mass is 438 g/mol. The molecule has 3 rings (SSSR count). The molecule has 2 aromatic carbocycles. The number of carboxylic acid groups (broad SMARTS) is 1. The van der Waals surface area contributed by atoms with E-state index in [1.54, 1.807) is 49.6 Å². The Balaban J connectivity index is 2.15. The van der Waals surface area contributed by atoms with Gasteiger partial charge in [-0.2, -0.15) is 0 Å². The molecule has 6 nitrogen and oxygen atoms in total. The molecule has 6 heteroatoms. The molecule has 0 bridgehead atoms. The number of carbonyl (C=O) groups excluding carboxylic acids is 1. The van der Waals surface area contributed by atoms with Crippen molar-refractivity contribution in [3.63, 3.8) is 0 Å². The van der Waals surface area contributed by atoms with E-state index in [1.807, 2.05) is 0 Å². The SMILES string of the molecule is COc1ccc(C(=O)C(CC2CCCCC2)=C(C(=O)O)c2cc(OC)cc(OC)c2)cc1. The van der Waals surface area contributed by atoms with Gasteiger partial charge in [-0.05, 0) is 54.3 Å². The lowest BCUT2D eigenvalue weighted by Gasteiger charge is -2.24. The molecule has 0 aliphatic heterocycles. The first-order valence-electron chi connectivity index (χ1n) is 10.9. The van der Waals surface area contributed by atoms with Crippen molar-refractivity contribution in [2.45, 2.75) is 38.5 Å². The van der Waals surface area contributed by atoms with Crippen LogP contribution < -0.4 is 14.2 Å². The third kappa shape index (κ3) is 5.49. The van der Waals surface area contributed by atoms with Crippen molar-refractivity contribution < 1.29 is 28.9 Å². The Hall–Kier alpha value is -3.28. The van der Waals surface area contributed by atoms with Gasteiger partial charge in [0.15, 0.2) is 5.78 Å². The summed E-state index contributed by atoms with van der Waals surface area (Å²) >= 11 is 0. The minimum atomic E-state index is -1.15. The minimum Gasteiger partial charge on any atom is -0.497 e. The standard InChI is InChI=1S/C26H30O6/c1-30-20-11-9-18(10-12-20)25(27)23(13-17-7-5-4-6-8-17)24(26(28)29)19-14-21(31-2)16-22(15-19)32-3/h9-12,14-17H,4-8,13H2,1-3H3,(H,28,29). The van der Waals surface area contributed by atoms with Crippen LogP contribution in [0.3, 0.4) is 0 Å². The van der Waals surface area contributed by atoms with E-state index in [0.29, 0.717) is 40.4 Å². The van der Waals surface area contributed by atoms with E-state index in [2.05, 4.69) is 0 Å². The van der Waals surface area contributed by atoms with Crippen LogP contribution in [0.4, 0.5) is 0 Å². The average molecular weight is 439 g/mol. The highest BCUT2D eigenvalue weighted by Crippen LogP contribution is 2.36. The zero-order chi connectivity index (χ0) is 23.1. The second kappa shape index (κ2) is 10.8. The van der Waals surface area contributed by atoms with Gasteiger partial charge in [0.2, 0.25) is 0 Å². The van der Waals surface area contributed by atoms with E-state index in [-0.39, 0.29) is 17.3 Å². The maximum absolute atomic E-state index is 13.6. The molecule has 0 amide bonds. The molecule has 1 saturated carbocycles. The van der Waals surface area contributed by atoms with Gasteiger partial charge in [0, 0.05) is 17.2 Å². The number of carboxylic acids is 1. The van der Waals surface area contributed by atoms with Gasteiger partial charge in [0.05, 0.1) is 26.9 Å². The van der Waals surface area contributed by atoms with Crippen molar-refractivity contribution in [1.82, 2.24) is 0 Å². The van der Waals surface area contributed by atoms with Crippen molar-refractivity contribution in [1.29, 1.82) is 0 Å². The molecule has 0 spiro atoms. The molecule has 0 atom stereocenters. The summed E-state index contributed by atoms with van der Waals surface area (Å²) < 4.78 is 15.9. The van der Waals surface area contributed by atoms with Crippen molar-refractivity contribution in [2.75, 3.05) is 21.3 Å². The number of rotatable bonds is 9. The van der Waals surface area contributed by atoms with Gasteiger partial charge < -0.3 is 19.3 Å². The quantitative estimate of drug-likeness (QED) is 0.417. The van der Waals surface area contributed by atoms with Crippen LogP contribution in [0.1, 0.15) is 54.4 Å². The van der Waals surface area contributed by atoms with E-state index in [1.165, 1.54) is 20.6 Å². The fourth-order valence-corrected chi connectivity index (χ4v) is 4.28. The molecular formula is C26H30O6. The summed E-state index contributed by atoms with van der Waals surface area (Å²) in [4.78, 5) is 26.1. The second-order valence-corrected chi connectivity index (χ2v) is 8.03. The Kier molecular flexibility index (Phi) is 7.92. The highest BCUT2D eigenvalue weighted by molar-refractivity contribution is 6.26. The van der Waals surface area contributed by atoms with Crippen LogP contribution >= 0.6 is 0 Å². The summed E-state index contributed by atoms with van der Waals surface area (Å²) in [6.07, 6.45) is 5.79. The Morgan fingerprint density at radius 2 is 1.38 bits per heavy atom. The lowest BCUT2D eigenvalue weighted by atomic mass is 9.80. The second-order valence-electron chi connectivity index (χ2n) is 8.03. The molecule has 32 heavy (non-hydrogen) atoms. The molecule has 170 valence electrons. The van der Waals surface area contributed by atoms with Crippen LogP contribution in [0, 0.1) is 5.92 Å². The predicted molar refractivity (Wildman–Crippen MR) is 123 cm³/mol. The average Bonchev–Trinajstić information content (AvgIpc) is 2.83. The summed E-state index contributed by atoms with van der Waals surface area (Å²) in [7, 11) is 4.58. The van der Waals surface area contributed by atoms with Crippen LogP contribution in [-0.2, 0) is 4.79 Å². The normalized spacial score (nSPS) is 15.0. The Bertz CT molecular complexity index is 962. The van der Waals surface area contributed by atoms with Crippen molar-refractivity contribution >= 4 is 17.3 Å². The molecular weight excluding hydrogens is 408 g/mol. The summed E-state index contributed by atoms with van der Waals surface area (Å²) in [5, 5.41) is 10.2. The number of ketones is 1. The van der Waals surface area contributed by atoms with Crippen LogP contribution in [0.5, 0.6) is 17.2 Å². The number of hydrogen-bond acceptors (Lipinski definition) is 5. The molecule has 1 fully saturated rings. The molecule has 0 radical (unpaired) electrons. The van der Waals surface area contributed by atoms with E-state index in [9.17, 15) is 14.7 Å². The first-order chi connectivity index (χ1) is 15.5. The smallest absolute Gasteiger partial charge is 0.336 e. The van der Waals surface area contributed by atoms with Crippen molar-refractivity contribution in [3.05, 3.63) is 59.2 Å². The van der Waals surface area contributed by atoms with Gasteiger partial charge in [0.25, 0.3) is 0 Å². The minimum absolute atomic E-state index is 0.00593. The van der Waals surface area contributed by atoms with Crippen LogP contribution in [0.2, 0.25) is 0 Å². The first kappa shape index (κ1) is 23.4. The Morgan fingerprint density at radius 3 is 1.88 bits per heavy atom. The molecule has 0 heterocycles. The zero-order valence-corrected chi connectivity index (χ0v) is 18.8. The van der Waals surface area contributed by atoms with Gasteiger partial charge in [0.1, 0.15) is 17.2 Å². The van der Waals surface area contributed by atoms with Crippen LogP contribution in [0.15, 0.2) is 48.0 Å². The van der Waals surface area contributed by atoms with Crippen molar-refractivity contribution in [3.8, 4) is 17.2 Å². The number of carbonyl (C=O) groups is 2. The van der Waals surface area contributed by atoms with Crippen LogP contribution in [0.25, 0.3) is 5.57 Å². The fourth-order valence-electron chi connectivity index (χ4n) is 4.28. The number of benzene rings is 2. The third-order valence-electron chi connectivity index (χ3n) is 6.00. The molecule has 1 aliphatic rings. The van der Waals surface area contributed by atoms with Gasteiger partial charge in [-0.3, -0.25) is 4.79 Å². The summed E-state index contributed by atoms with van der Waals surface area (Å²) in [6.45, 7) is 0. The number of aliphatic carboxylic acids is 1. The lowest BCUT2D eigenvalue weighted by molar-refractivity contribution is -0.130. The van der Waals surface area contributed by atoms with Gasteiger partial charge in [-0.25, -0.2) is 4.79 Å². The largest absolute Gasteiger partial charge is 0.497 e. The van der Waals surface area contributed by atoms with Crippen LogP contribution in [-0.4, -0.2) is 38.2 Å². The van der Waals surface area contributed by atoms with Crippen molar-refractivity contribution in [2.24, 2.45) is 5.92 Å². The molecule has 0 saturated heterocycles. The van der Waals surface area contributed by atoms with E-state index >= 15 is 0 Å². The number of ether oxygens (including phenoxy) is 3. The fraction of sp³-hybridized carbons (Fsp3) is 0.385. The topological polar surface area (TPSA) is 82.1 Å². The molecule has 1 N–H and O–H groups in total. The summed E-state index contributed by atoms with van der Waals surface area (Å²) in [6, 6.07) is 11.7. The zero-order valence-electron chi connectivity index (χ0n) is 18.8. The number of Topliss-reactive ketones (excluding diaryl/α,β-unsaturated/α-hetero) is 1. The Morgan fingerprint density at radius 1 is 0.812 bits per heavy atom. The van der Waals surface area contributed by atoms with Gasteiger partial charge >= 0.3 is 5.97 Å². The maximum atomic E-state index is 13.6. The number of allylic oxidation sites excluding steroid dienone is 1. The Labute approximate surface area is 188 Å². The predicted octanol–water partition coefficient (Wildman–Crippen LogP) is 5.40. The highest BCUT2D eigenvalue weighted by atomic mass is 16.5. The highest BCUT2D eigenvalue weighted by Gasteiger charge is 2.27. The summed E-state index contributed by atoms with van der Waals surface area (Å²) in [5.41, 5.74) is 1.13. The van der Waals surface area contributed by atoms with E-state index in [0.717, 1.165) is 25.7 Å². The number of methoxy groups -OCH3 is 3. The lowest BCUT2D eigenvalue weighted by Crippen LogP contribution is -2.17. The molecule has 1 aliphatic carbocycles. The molecule has 0 aromatic heterocycles. The number of hydrogen-bond donors (Lipinski definition) is 1. The molecule has 0 unspecified atom stereocenters. The van der Waals surface area contributed by atoms with Gasteiger partial charge in [-0.15, -0.1) is 0 Å². The maximum Gasteiger partial charge on any atom is 0.336 e. The van der Waals surface area contributed by atoms with E-state index in [4.69, 9.17) is 14.2 Å². The first-order valence-corrected chi connectivity index (χ1v) is 10.9.